The topological polar surface area (TPSA) is 74.6 Å². The maximum absolute atomic E-state index is 11.9. The minimum atomic E-state index is -1.05. The average molecular weight is 326 g/mol. The van der Waals surface area contributed by atoms with Gasteiger partial charge >= 0.3 is 11.9 Å². The van der Waals surface area contributed by atoms with Crippen LogP contribution in [0.2, 0.25) is 0 Å². The zero-order valence-corrected chi connectivity index (χ0v) is 14.9. The molecule has 0 fully saturated rings. The molecule has 126 valence electrons. The Balaban J connectivity index is 3.09. The van der Waals surface area contributed by atoms with Gasteiger partial charge in [0.1, 0.15) is 0 Å². The standard InChI is InChI=1S/C20H22O4/c1-9-7-10(2)16(15(8-9)19(21)22)17-13(5)11(3)12(4)14(6)18(17)20(23)24/h7-8H,1-6H3,(H,21,22)(H,23,24). The van der Waals surface area contributed by atoms with E-state index >= 15 is 0 Å². The maximum atomic E-state index is 11.9. The Kier molecular flexibility index (Phi) is 4.52. The third-order valence-corrected chi connectivity index (χ3v) is 4.86. The van der Waals surface area contributed by atoms with E-state index in [1.54, 1.807) is 13.0 Å². The fourth-order valence-corrected chi connectivity index (χ4v) is 3.36. The molecule has 0 saturated carbocycles. The summed E-state index contributed by atoms with van der Waals surface area (Å²) in [5, 5.41) is 19.4. The Labute approximate surface area is 141 Å². The second-order valence-electron chi connectivity index (χ2n) is 6.36. The highest BCUT2D eigenvalue weighted by atomic mass is 16.4. The largest absolute Gasteiger partial charge is 0.478 e. The number of rotatable bonds is 3. The summed E-state index contributed by atoms with van der Waals surface area (Å²) in [7, 11) is 0. The van der Waals surface area contributed by atoms with E-state index in [0.29, 0.717) is 16.7 Å². The number of benzene rings is 2. The van der Waals surface area contributed by atoms with Crippen molar-refractivity contribution in [3.05, 3.63) is 56.6 Å². The van der Waals surface area contributed by atoms with E-state index in [1.807, 2.05) is 40.7 Å². The molecular weight excluding hydrogens is 304 g/mol. The van der Waals surface area contributed by atoms with Crippen molar-refractivity contribution in [2.24, 2.45) is 0 Å². The van der Waals surface area contributed by atoms with Crippen LogP contribution >= 0.6 is 0 Å². The number of aromatic carboxylic acids is 2. The molecule has 0 spiro atoms. The minimum absolute atomic E-state index is 0.140. The van der Waals surface area contributed by atoms with E-state index in [-0.39, 0.29) is 11.1 Å². The Morgan fingerprint density at radius 3 is 1.75 bits per heavy atom. The van der Waals surface area contributed by atoms with Crippen molar-refractivity contribution in [1.82, 2.24) is 0 Å². The monoisotopic (exact) mass is 326 g/mol. The smallest absolute Gasteiger partial charge is 0.336 e. The lowest BCUT2D eigenvalue weighted by Gasteiger charge is -2.21. The Bertz CT molecular complexity index is 876. The summed E-state index contributed by atoms with van der Waals surface area (Å²) in [5.74, 6) is -2.09. The van der Waals surface area contributed by atoms with Gasteiger partial charge < -0.3 is 10.2 Å². The molecule has 0 aliphatic carbocycles. The second-order valence-corrected chi connectivity index (χ2v) is 6.36. The van der Waals surface area contributed by atoms with Crippen LogP contribution in [-0.2, 0) is 0 Å². The molecule has 0 aromatic heterocycles. The molecule has 0 atom stereocenters. The number of carboxylic acid groups (broad SMARTS) is 2. The second kappa shape index (κ2) is 6.11. The number of carbonyl (C=O) groups is 2. The van der Waals surface area contributed by atoms with E-state index in [1.165, 1.54) is 0 Å². The minimum Gasteiger partial charge on any atom is -0.478 e. The van der Waals surface area contributed by atoms with E-state index in [4.69, 9.17) is 0 Å². The number of carboxylic acids is 2. The van der Waals surface area contributed by atoms with Crippen LogP contribution in [0.4, 0.5) is 0 Å². The van der Waals surface area contributed by atoms with Gasteiger partial charge in [0.15, 0.2) is 0 Å². The molecule has 24 heavy (non-hydrogen) atoms. The van der Waals surface area contributed by atoms with Crippen molar-refractivity contribution in [3.8, 4) is 11.1 Å². The predicted molar refractivity (Wildman–Crippen MR) is 94.2 cm³/mol. The zero-order valence-electron chi connectivity index (χ0n) is 14.9. The third-order valence-electron chi connectivity index (χ3n) is 4.86. The van der Waals surface area contributed by atoms with Crippen molar-refractivity contribution >= 4 is 11.9 Å². The van der Waals surface area contributed by atoms with Gasteiger partial charge in [-0.25, -0.2) is 9.59 Å². The molecule has 2 rings (SSSR count). The van der Waals surface area contributed by atoms with Crippen LogP contribution < -0.4 is 0 Å². The molecule has 0 radical (unpaired) electrons. The highest BCUT2D eigenvalue weighted by Gasteiger charge is 2.25. The van der Waals surface area contributed by atoms with Crippen LogP contribution in [0.5, 0.6) is 0 Å². The van der Waals surface area contributed by atoms with Gasteiger partial charge in [0.2, 0.25) is 0 Å². The lowest BCUT2D eigenvalue weighted by molar-refractivity contribution is 0.0683. The molecule has 0 bridgehead atoms. The van der Waals surface area contributed by atoms with Crippen LogP contribution in [0, 0.1) is 41.5 Å². The predicted octanol–water partition coefficient (Wildman–Crippen LogP) is 4.60. The van der Waals surface area contributed by atoms with Crippen molar-refractivity contribution < 1.29 is 19.8 Å². The summed E-state index contributed by atoms with van der Waals surface area (Å²) in [4.78, 5) is 23.7. The number of hydrogen-bond acceptors (Lipinski definition) is 2. The van der Waals surface area contributed by atoms with Gasteiger partial charge in [-0.05, 0) is 81.0 Å². The van der Waals surface area contributed by atoms with Crippen molar-refractivity contribution in [2.45, 2.75) is 41.5 Å². The molecule has 2 aromatic rings. The first kappa shape index (κ1) is 17.7. The normalized spacial score (nSPS) is 10.8. The summed E-state index contributed by atoms with van der Waals surface area (Å²) < 4.78 is 0. The van der Waals surface area contributed by atoms with Crippen LogP contribution in [0.1, 0.15) is 54.1 Å². The van der Waals surface area contributed by atoms with E-state index in [2.05, 4.69) is 0 Å². The molecule has 4 heteroatoms. The number of aryl methyl sites for hydroxylation is 2. The molecule has 0 amide bonds. The molecular formula is C20H22O4. The molecule has 2 aromatic carbocycles. The lowest BCUT2D eigenvalue weighted by atomic mass is 9.82. The first-order valence-electron chi connectivity index (χ1n) is 7.76. The average Bonchev–Trinajstić information content (AvgIpc) is 2.48. The molecule has 0 heterocycles. The summed E-state index contributed by atoms with van der Waals surface area (Å²) >= 11 is 0. The van der Waals surface area contributed by atoms with Gasteiger partial charge in [-0.15, -0.1) is 0 Å². The molecule has 0 saturated heterocycles. The first-order chi connectivity index (χ1) is 11.1. The van der Waals surface area contributed by atoms with E-state index in [0.717, 1.165) is 27.8 Å². The van der Waals surface area contributed by atoms with Crippen LogP contribution in [0.3, 0.4) is 0 Å². The van der Waals surface area contributed by atoms with Gasteiger partial charge in [0, 0.05) is 11.1 Å². The quantitative estimate of drug-likeness (QED) is 0.864. The Morgan fingerprint density at radius 2 is 1.25 bits per heavy atom. The van der Waals surface area contributed by atoms with Gasteiger partial charge in [0.25, 0.3) is 0 Å². The van der Waals surface area contributed by atoms with Gasteiger partial charge in [-0.3, -0.25) is 0 Å². The fraction of sp³-hybridized carbons (Fsp3) is 0.300. The summed E-state index contributed by atoms with van der Waals surface area (Å²) in [5.41, 5.74) is 6.34. The van der Waals surface area contributed by atoms with Crippen LogP contribution in [0.25, 0.3) is 11.1 Å². The fourth-order valence-electron chi connectivity index (χ4n) is 3.36. The lowest BCUT2D eigenvalue weighted by Crippen LogP contribution is -2.12. The summed E-state index contributed by atoms with van der Waals surface area (Å²) in [6.45, 7) is 11.1. The zero-order chi connectivity index (χ0) is 18.3. The molecule has 0 aliphatic rings. The maximum Gasteiger partial charge on any atom is 0.336 e. The van der Waals surface area contributed by atoms with E-state index < -0.39 is 11.9 Å². The highest BCUT2D eigenvalue weighted by molar-refractivity contribution is 6.05. The summed E-state index contributed by atoms with van der Waals surface area (Å²) in [6.07, 6.45) is 0. The van der Waals surface area contributed by atoms with Gasteiger partial charge in [0.05, 0.1) is 11.1 Å². The first-order valence-corrected chi connectivity index (χ1v) is 7.76. The van der Waals surface area contributed by atoms with Gasteiger partial charge in [-0.1, -0.05) is 6.07 Å². The molecule has 0 unspecified atom stereocenters. The Morgan fingerprint density at radius 1 is 0.708 bits per heavy atom. The van der Waals surface area contributed by atoms with Crippen molar-refractivity contribution in [2.75, 3.05) is 0 Å². The molecule has 2 N–H and O–H groups in total. The molecule has 4 nitrogen and oxygen atoms in total. The highest BCUT2D eigenvalue weighted by Crippen LogP contribution is 2.38. The van der Waals surface area contributed by atoms with E-state index in [9.17, 15) is 19.8 Å². The van der Waals surface area contributed by atoms with Crippen molar-refractivity contribution in [1.29, 1.82) is 0 Å². The SMILES string of the molecule is Cc1cc(C)c(-c2c(C)c(C)c(C)c(C)c2C(=O)O)c(C(=O)O)c1. The van der Waals surface area contributed by atoms with Gasteiger partial charge in [-0.2, -0.15) is 0 Å². The van der Waals surface area contributed by atoms with Crippen LogP contribution in [0.15, 0.2) is 12.1 Å². The number of hydrogen-bond donors (Lipinski definition) is 2. The van der Waals surface area contributed by atoms with Crippen LogP contribution in [-0.4, -0.2) is 22.2 Å². The molecule has 0 aliphatic heterocycles. The Hall–Kier alpha value is -2.62. The third kappa shape index (κ3) is 2.68. The van der Waals surface area contributed by atoms with Crippen molar-refractivity contribution in [3.63, 3.8) is 0 Å². The summed E-state index contributed by atoms with van der Waals surface area (Å²) in [6, 6.07) is 3.48.